The van der Waals surface area contributed by atoms with Gasteiger partial charge < -0.3 is 0 Å². The van der Waals surface area contributed by atoms with Gasteiger partial charge in [0.1, 0.15) is 7.05 Å². The van der Waals surface area contributed by atoms with Gasteiger partial charge in [-0.1, -0.05) is 76.2 Å². The minimum atomic E-state index is -2.13. The number of fused-ring (bicyclic) bond motifs is 5. The second kappa shape index (κ2) is 6.78. The zero-order chi connectivity index (χ0) is 25.5. The number of aryl methyl sites for hydroxylation is 4. The number of nitrogens with zero attached hydrogens (tertiary/aromatic N) is 1. The third-order valence-electron chi connectivity index (χ3n) is 8.18. The van der Waals surface area contributed by atoms with Gasteiger partial charge in [0, 0.05) is 26.6 Å². The summed E-state index contributed by atoms with van der Waals surface area (Å²) in [5, 5.41) is 2.59. The van der Waals surface area contributed by atoms with E-state index in [1.165, 1.54) is 44.2 Å². The molecule has 0 saturated carbocycles. The summed E-state index contributed by atoms with van der Waals surface area (Å²) < 4.78 is 25.9. The molecule has 1 nitrogen and oxygen atoms in total. The molecule has 162 valence electrons. The van der Waals surface area contributed by atoms with Crippen molar-refractivity contribution >= 4 is 10.8 Å². The second-order valence-corrected chi connectivity index (χ2v) is 10.5. The average molecular weight is 424 g/mol. The summed E-state index contributed by atoms with van der Waals surface area (Å²) in [7, 11) is 1.96. The van der Waals surface area contributed by atoms with E-state index in [4.69, 9.17) is 4.11 Å². The van der Waals surface area contributed by atoms with Gasteiger partial charge in [0.25, 0.3) is 0 Å². The zero-order valence-electron chi connectivity index (χ0n) is 23.2. The predicted octanol–water partition coefficient (Wildman–Crippen LogP) is 7.49. The number of rotatable bonds is 1. The van der Waals surface area contributed by atoms with Crippen molar-refractivity contribution in [3.05, 3.63) is 88.6 Å². The second-order valence-electron chi connectivity index (χ2n) is 10.5. The molecule has 0 aliphatic heterocycles. The van der Waals surface area contributed by atoms with Crippen molar-refractivity contribution in [1.82, 2.24) is 0 Å². The summed E-state index contributed by atoms with van der Waals surface area (Å²) in [5.74, 6) is 0. The fraction of sp³-hybridized carbons (Fsp3) is 0.323. The van der Waals surface area contributed by atoms with Gasteiger partial charge in [-0.15, -0.1) is 0 Å². The molecular weight excluding hydrogens is 386 g/mol. The first kappa shape index (κ1) is 17.6. The van der Waals surface area contributed by atoms with Crippen LogP contribution in [0.25, 0.3) is 33.2 Å². The zero-order valence-corrected chi connectivity index (χ0v) is 20.2. The molecule has 1 heteroatoms. The van der Waals surface area contributed by atoms with Crippen LogP contribution in [0.3, 0.4) is 0 Å². The Bertz CT molecular complexity index is 1510. The highest BCUT2D eigenvalue weighted by Gasteiger charge is 2.48. The summed E-state index contributed by atoms with van der Waals surface area (Å²) in [6.07, 6.45) is 1.79. The molecule has 0 bridgehead atoms. The summed E-state index contributed by atoms with van der Waals surface area (Å²) >= 11 is 0. The number of benzene rings is 3. The van der Waals surface area contributed by atoms with E-state index in [0.717, 1.165) is 11.3 Å². The monoisotopic (exact) mass is 423 g/mol. The van der Waals surface area contributed by atoms with Crippen molar-refractivity contribution in [3.63, 3.8) is 0 Å². The molecule has 0 saturated heterocycles. The maximum absolute atomic E-state index is 7.96. The van der Waals surface area contributed by atoms with E-state index in [1.54, 1.807) is 6.20 Å². The van der Waals surface area contributed by atoms with Crippen molar-refractivity contribution in [2.45, 2.75) is 59.2 Å². The highest BCUT2D eigenvalue weighted by molar-refractivity contribution is 5.97. The Morgan fingerprint density at radius 1 is 0.750 bits per heavy atom. The van der Waals surface area contributed by atoms with Gasteiger partial charge in [0.2, 0.25) is 5.69 Å². The number of pyridine rings is 1. The van der Waals surface area contributed by atoms with Crippen LogP contribution < -0.4 is 4.57 Å². The topological polar surface area (TPSA) is 3.88 Å². The van der Waals surface area contributed by atoms with Crippen molar-refractivity contribution in [2.75, 3.05) is 0 Å². The van der Waals surface area contributed by atoms with Gasteiger partial charge in [0.05, 0.1) is 5.56 Å². The average Bonchev–Trinajstić information content (AvgIpc) is 2.78. The highest BCUT2D eigenvalue weighted by Crippen LogP contribution is 2.57. The smallest absolute Gasteiger partial charge is 0.201 e. The van der Waals surface area contributed by atoms with Crippen LogP contribution in [-0.2, 0) is 17.9 Å². The predicted molar refractivity (Wildman–Crippen MR) is 136 cm³/mol. The Labute approximate surface area is 197 Å². The Kier molecular flexibility index (Phi) is 3.73. The van der Waals surface area contributed by atoms with E-state index < -0.39 is 6.85 Å². The van der Waals surface area contributed by atoms with Crippen LogP contribution >= 0.6 is 0 Å². The standard InChI is InChI=1S/C31H34N/c1-19-13-15-25-24-16-14-22-11-9-10-12-23(22)28(24)30(4,5)31(6,7)29(25)27(19)26-17-20(2)21(3)18-32(26)8/h9-18H,1-8H3/q+1/i3D3. The van der Waals surface area contributed by atoms with Crippen LogP contribution in [0.15, 0.2) is 60.8 Å². The quantitative estimate of drug-likeness (QED) is 0.279. The Morgan fingerprint density at radius 3 is 2.16 bits per heavy atom. The number of hydrogen-bond acceptors (Lipinski definition) is 0. The van der Waals surface area contributed by atoms with Crippen LogP contribution in [0.1, 0.15) is 59.6 Å². The van der Waals surface area contributed by atoms with Gasteiger partial charge >= 0.3 is 0 Å². The lowest BCUT2D eigenvalue weighted by atomic mass is 9.53. The molecular formula is C31H34N+. The van der Waals surface area contributed by atoms with E-state index in [-0.39, 0.29) is 10.8 Å². The first-order valence-electron chi connectivity index (χ1n) is 12.9. The summed E-state index contributed by atoms with van der Waals surface area (Å²) in [6.45, 7) is 11.4. The van der Waals surface area contributed by atoms with Crippen LogP contribution in [0, 0.1) is 20.7 Å². The largest absolute Gasteiger partial charge is 0.213 e. The van der Waals surface area contributed by atoms with E-state index >= 15 is 0 Å². The first-order chi connectivity index (χ1) is 16.3. The van der Waals surface area contributed by atoms with E-state index in [0.29, 0.717) is 5.56 Å². The normalized spacial score (nSPS) is 17.8. The third kappa shape index (κ3) is 2.67. The summed E-state index contributed by atoms with van der Waals surface area (Å²) in [5.41, 5.74) is 9.67. The first-order valence-corrected chi connectivity index (χ1v) is 11.4. The minimum Gasteiger partial charge on any atom is -0.201 e. The lowest BCUT2D eigenvalue weighted by molar-refractivity contribution is -0.660. The van der Waals surface area contributed by atoms with Crippen LogP contribution in [-0.4, -0.2) is 0 Å². The Morgan fingerprint density at radius 2 is 1.41 bits per heavy atom. The molecule has 0 atom stereocenters. The minimum absolute atomic E-state index is 0.134. The molecule has 4 aromatic rings. The van der Waals surface area contributed by atoms with Gasteiger partial charge in [-0.05, 0) is 64.9 Å². The fourth-order valence-corrected chi connectivity index (χ4v) is 5.70. The summed E-state index contributed by atoms with van der Waals surface area (Å²) in [6, 6.07) is 19.8. The molecule has 0 amide bonds. The molecule has 1 aromatic heterocycles. The lowest BCUT2D eigenvalue weighted by Gasteiger charge is -2.49. The lowest BCUT2D eigenvalue weighted by Crippen LogP contribution is -2.45. The Balaban J connectivity index is 1.90. The molecule has 1 heterocycles. The molecule has 5 rings (SSSR count). The van der Waals surface area contributed by atoms with E-state index in [2.05, 4.69) is 89.2 Å². The molecule has 1 aliphatic carbocycles. The van der Waals surface area contributed by atoms with Crippen LogP contribution in [0.4, 0.5) is 0 Å². The fourth-order valence-electron chi connectivity index (χ4n) is 5.70. The van der Waals surface area contributed by atoms with E-state index in [1.807, 2.05) is 18.5 Å². The molecule has 1 aliphatic rings. The molecule has 32 heavy (non-hydrogen) atoms. The molecule has 0 radical (unpaired) electrons. The van der Waals surface area contributed by atoms with Crippen molar-refractivity contribution in [2.24, 2.45) is 7.05 Å². The van der Waals surface area contributed by atoms with Crippen LogP contribution in [0.5, 0.6) is 0 Å². The summed E-state index contributed by atoms with van der Waals surface area (Å²) in [4.78, 5) is 0. The van der Waals surface area contributed by atoms with Crippen molar-refractivity contribution < 1.29 is 8.68 Å². The van der Waals surface area contributed by atoms with Gasteiger partial charge in [-0.25, -0.2) is 4.57 Å². The molecule has 0 fully saturated rings. The van der Waals surface area contributed by atoms with Gasteiger partial charge in [-0.2, -0.15) is 0 Å². The third-order valence-corrected chi connectivity index (χ3v) is 8.18. The molecule has 0 N–H and O–H groups in total. The van der Waals surface area contributed by atoms with Gasteiger partial charge in [-0.3, -0.25) is 0 Å². The van der Waals surface area contributed by atoms with Crippen molar-refractivity contribution in [1.29, 1.82) is 0 Å². The van der Waals surface area contributed by atoms with Crippen molar-refractivity contribution in [3.8, 4) is 22.4 Å². The SMILES string of the molecule is [2H]C([2H])([2H])c1c[n+](C)c(-c2c(C)ccc3c2C(C)(C)C(C)(C)c2c-3ccc3ccccc23)cc1C. The molecule has 3 aromatic carbocycles. The highest BCUT2D eigenvalue weighted by atomic mass is 14.9. The van der Waals surface area contributed by atoms with E-state index in [9.17, 15) is 0 Å². The maximum atomic E-state index is 7.96. The maximum Gasteiger partial charge on any atom is 0.213 e. The molecule has 0 spiro atoms. The molecule has 0 unspecified atom stereocenters. The van der Waals surface area contributed by atoms with Crippen LogP contribution in [0.2, 0.25) is 0 Å². The number of aromatic nitrogens is 1. The number of hydrogen-bond donors (Lipinski definition) is 0. The Hall–Kier alpha value is -2.93. The van der Waals surface area contributed by atoms with Gasteiger partial charge in [0.15, 0.2) is 6.20 Å².